The number of morpholine rings is 1. The Balaban J connectivity index is 1.56. The fourth-order valence-electron chi connectivity index (χ4n) is 2.76. The Morgan fingerprint density at radius 1 is 1.20 bits per heavy atom. The van der Waals surface area contributed by atoms with E-state index in [9.17, 15) is 4.79 Å². The Kier molecular flexibility index (Phi) is 8.98. The molecule has 1 aliphatic heterocycles. The van der Waals surface area contributed by atoms with Gasteiger partial charge in [0.15, 0.2) is 0 Å². The summed E-state index contributed by atoms with van der Waals surface area (Å²) in [6.45, 7) is 3.39. The van der Waals surface area contributed by atoms with Gasteiger partial charge in [0.05, 0.1) is 34.9 Å². The number of hydrogen-bond acceptors (Lipinski definition) is 5. The Morgan fingerprint density at radius 3 is 2.57 bits per heavy atom. The zero-order valence-corrected chi connectivity index (χ0v) is 20.5. The van der Waals surface area contributed by atoms with Crippen molar-refractivity contribution in [2.75, 3.05) is 32.8 Å². The highest BCUT2D eigenvalue weighted by Crippen LogP contribution is 2.35. The number of carbonyl (C=O) groups excluding carboxylic acids is 1. The number of carbonyl (C=O) groups is 1. The van der Waals surface area contributed by atoms with Crippen LogP contribution in [0.1, 0.15) is 11.1 Å². The molecule has 1 saturated heterocycles. The van der Waals surface area contributed by atoms with E-state index < -0.39 is 0 Å². The van der Waals surface area contributed by atoms with Crippen LogP contribution in [0.4, 0.5) is 0 Å². The molecule has 0 atom stereocenters. The molecule has 1 fully saturated rings. The van der Waals surface area contributed by atoms with Gasteiger partial charge in [0, 0.05) is 28.7 Å². The molecule has 10 heteroatoms. The zero-order valence-electron chi connectivity index (χ0n) is 15.8. The first-order valence-electron chi connectivity index (χ1n) is 9.10. The van der Waals surface area contributed by atoms with Crippen molar-refractivity contribution in [3.63, 3.8) is 0 Å². The quantitative estimate of drug-likeness (QED) is 0.375. The van der Waals surface area contributed by atoms with E-state index in [0.717, 1.165) is 33.2 Å². The van der Waals surface area contributed by atoms with Crippen molar-refractivity contribution in [2.45, 2.75) is 6.61 Å². The third-order valence-electron chi connectivity index (χ3n) is 4.28. The normalized spacial score (nSPS) is 14.8. The molecule has 1 amide bonds. The van der Waals surface area contributed by atoms with Crippen LogP contribution in [0.5, 0.6) is 5.75 Å². The van der Waals surface area contributed by atoms with Gasteiger partial charge in [-0.2, -0.15) is 5.10 Å². The molecule has 0 aliphatic carbocycles. The summed E-state index contributed by atoms with van der Waals surface area (Å²) in [7, 11) is 0. The number of rotatable bonds is 7. The maximum atomic E-state index is 12.0. The summed E-state index contributed by atoms with van der Waals surface area (Å²) in [5.41, 5.74) is 4.17. The monoisotopic (exact) mass is 577 g/mol. The minimum atomic E-state index is -0.161. The molecule has 2 aromatic rings. The van der Waals surface area contributed by atoms with E-state index in [0.29, 0.717) is 35.6 Å². The van der Waals surface area contributed by atoms with Gasteiger partial charge in [0.25, 0.3) is 5.91 Å². The number of hydrazone groups is 1. The summed E-state index contributed by atoms with van der Waals surface area (Å²) in [5, 5.41) is 5.16. The van der Waals surface area contributed by atoms with Crippen LogP contribution in [-0.2, 0) is 16.1 Å². The molecule has 1 heterocycles. The van der Waals surface area contributed by atoms with Crippen LogP contribution in [0.25, 0.3) is 0 Å². The van der Waals surface area contributed by atoms with Crippen molar-refractivity contribution < 1.29 is 14.3 Å². The summed E-state index contributed by atoms with van der Waals surface area (Å²) < 4.78 is 12.7. The lowest BCUT2D eigenvalue weighted by molar-refractivity contribution is -0.123. The number of nitrogens with one attached hydrogen (secondary N) is 1. The predicted molar refractivity (Wildman–Crippen MR) is 126 cm³/mol. The minimum absolute atomic E-state index is 0.161. The van der Waals surface area contributed by atoms with E-state index >= 15 is 0 Å². The van der Waals surface area contributed by atoms with E-state index in [4.69, 9.17) is 32.7 Å². The van der Waals surface area contributed by atoms with Crippen LogP contribution in [0, 0.1) is 0 Å². The van der Waals surface area contributed by atoms with Crippen molar-refractivity contribution >= 4 is 67.2 Å². The molecule has 0 aromatic heterocycles. The first-order chi connectivity index (χ1) is 14.4. The number of halogens is 4. The smallest absolute Gasteiger partial charge is 0.254 e. The topological polar surface area (TPSA) is 63.2 Å². The van der Waals surface area contributed by atoms with E-state index in [-0.39, 0.29) is 12.5 Å². The molecule has 0 spiro atoms. The maximum absolute atomic E-state index is 12.0. The molecule has 0 bridgehead atoms. The average Bonchev–Trinajstić information content (AvgIpc) is 2.69. The van der Waals surface area contributed by atoms with Crippen molar-refractivity contribution in [1.82, 2.24) is 10.3 Å². The van der Waals surface area contributed by atoms with Crippen LogP contribution < -0.4 is 10.2 Å². The second-order valence-corrected chi connectivity index (χ2v) is 9.07. The number of amides is 1. The summed E-state index contributed by atoms with van der Waals surface area (Å²) >= 11 is 19.1. The largest absolute Gasteiger partial charge is 0.486 e. The molecule has 2 aromatic carbocycles. The Morgan fingerprint density at radius 2 is 1.90 bits per heavy atom. The first-order valence-corrected chi connectivity index (χ1v) is 11.4. The fraction of sp³-hybridized carbons (Fsp3) is 0.300. The lowest BCUT2D eigenvalue weighted by Gasteiger charge is -2.25. The van der Waals surface area contributed by atoms with Crippen molar-refractivity contribution in [3.05, 3.63) is 60.4 Å². The summed E-state index contributed by atoms with van der Waals surface area (Å²) in [4.78, 5) is 14.0. The average molecular weight is 580 g/mol. The second-order valence-electron chi connectivity index (χ2n) is 6.52. The molecule has 0 radical (unpaired) electrons. The van der Waals surface area contributed by atoms with Gasteiger partial charge in [-0.15, -0.1) is 0 Å². The lowest BCUT2D eigenvalue weighted by atomic mass is 10.2. The molecule has 1 N–H and O–H groups in total. The number of nitrogens with zero attached hydrogens (tertiary/aromatic N) is 2. The van der Waals surface area contributed by atoms with Crippen LogP contribution in [0.3, 0.4) is 0 Å². The van der Waals surface area contributed by atoms with Crippen LogP contribution in [0.2, 0.25) is 10.0 Å². The molecular weight excluding hydrogens is 561 g/mol. The van der Waals surface area contributed by atoms with Gasteiger partial charge in [-0.3, -0.25) is 9.69 Å². The van der Waals surface area contributed by atoms with Gasteiger partial charge in [-0.05, 0) is 61.7 Å². The molecule has 3 rings (SSSR count). The molecular formula is C20H19Br2Cl2N3O3. The number of benzene rings is 2. The van der Waals surface area contributed by atoms with E-state index in [1.807, 2.05) is 23.1 Å². The van der Waals surface area contributed by atoms with E-state index in [1.165, 1.54) is 0 Å². The highest BCUT2D eigenvalue weighted by atomic mass is 79.9. The van der Waals surface area contributed by atoms with Gasteiger partial charge in [-0.1, -0.05) is 29.3 Å². The third kappa shape index (κ3) is 6.93. The standard InChI is InChI=1S/C20H19Br2Cl2N3O3/c21-16-7-13(10-25-26-19(28)11-27-3-5-29-6-4-27)8-17(22)20(16)30-12-14-1-2-15(23)9-18(14)24/h1-2,7-10H,3-6,11-12H2,(H,26,28)/b25-10+. The first kappa shape index (κ1) is 23.5. The van der Waals surface area contributed by atoms with Gasteiger partial charge in [-0.25, -0.2) is 5.43 Å². The van der Waals surface area contributed by atoms with Crippen molar-refractivity contribution in [2.24, 2.45) is 5.10 Å². The van der Waals surface area contributed by atoms with Gasteiger partial charge < -0.3 is 9.47 Å². The fourth-order valence-corrected chi connectivity index (χ4v) is 4.67. The predicted octanol–water partition coefficient (Wildman–Crippen LogP) is 4.88. The second kappa shape index (κ2) is 11.5. The molecule has 1 aliphatic rings. The van der Waals surface area contributed by atoms with E-state index in [2.05, 4.69) is 42.4 Å². The maximum Gasteiger partial charge on any atom is 0.254 e. The highest BCUT2D eigenvalue weighted by Gasteiger charge is 2.14. The van der Waals surface area contributed by atoms with Crippen molar-refractivity contribution in [1.29, 1.82) is 0 Å². The number of hydrogen-bond donors (Lipinski definition) is 1. The van der Waals surface area contributed by atoms with Gasteiger partial charge >= 0.3 is 0 Å². The SMILES string of the molecule is O=C(CN1CCOCC1)N/N=C/c1cc(Br)c(OCc2ccc(Cl)cc2Cl)c(Br)c1. The molecule has 0 saturated carbocycles. The lowest BCUT2D eigenvalue weighted by Crippen LogP contribution is -2.42. The Bertz CT molecular complexity index is 915. The summed E-state index contributed by atoms with van der Waals surface area (Å²) in [5.74, 6) is 0.473. The van der Waals surface area contributed by atoms with Gasteiger partial charge in [0.1, 0.15) is 12.4 Å². The van der Waals surface area contributed by atoms with Crippen LogP contribution >= 0.6 is 55.1 Å². The summed E-state index contributed by atoms with van der Waals surface area (Å²) in [6, 6.07) is 8.97. The molecule has 0 unspecified atom stereocenters. The third-order valence-corrected chi connectivity index (χ3v) is 6.05. The zero-order chi connectivity index (χ0) is 21.5. The molecule has 160 valence electrons. The molecule has 30 heavy (non-hydrogen) atoms. The Labute approximate surface area is 201 Å². The van der Waals surface area contributed by atoms with Crippen LogP contribution in [0.15, 0.2) is 44.4 Å². The van der Waals surface area contributed by atoms with Crippen LogP contribution in [-0.4, -0.2) is 49.9 Å². The minimum Gasteiger partial charge on any atom is -0.486 e. The highest BCUT2D eigenvalue weighted by molar-refractivity contribution is 9.11. The Hall–Kier alpha value is -1.16. The molecule has 6 nitrogen and oxygen atoms in total. The van der Waals surface area contributed by atoms with E-state index in [1.54, 1.807) is 18.3 Å². The summed E-state index contributed by atoms with van der Waals surface area (Å²) in [6.07, 6.45) is 1.58. The van der Waals surface area contributed by atoms with Crippen molar-refractivity contribution in [3.8, 4) is 5.75 Å². The number of ether oxygens (including phenoxy) is 2. The van der Waals surface area contributed by atoms with Gasteiger partial charge in [0.2, 0.25) is 0 Å².